The number of rotatable bonds is 8. The molecule has 1 spiro atoms. The van der Waals surface area contributed by atoms with Gasteiger partial charge in [0.15, 0.2) is 5.78 Å². The van der Waals surface area contributed by atoms with Crippen LogP contribution in [0.1, 0.15) is 72.5 Å². The Bertz CT molecular complexity index is 1440. The van der Waals surface area contributed by atoms with Crippen LogP contribution in [0.2, 0.25) is 0 Å². The molecule has 2 fully saturated rings. The zero-order valence-electron chi connectivity index (χ0n) is 22.7. The fourth-order valence-electron chi connectivity index (χ4n) is 6.44. The molecule has 2 aliphatic carbocycles. The van der Waals surface area contributed by atoms with Crippen molar-refractivity contribution in [3.05, 3.63) is 53.4 Å². The molecule has 0 saturated heterocycles. The molecule has 3 aromatic rings. The predicted octanol–water partition coefficient (Wildman–Crippen LogP) is 5.22. The highest BCUT2D eigenvalue weighted by Crippen LogP contribution is 2.57. The summed E-state index contributed by atoms with van der Waals surface area (Å²) in [6, 6.07) is 7.69. The van der Waals surface area contributed by atoms with Crippen LogP contribution >= 0.6 is 11.3 Å². The van der Waals surface area contributed by atoms with Crippen LogP contribution in [0.3, 0.4) is 0 Å². The molecule has 2 saturated carbocycles. The van der Waals surface area contributed by atoms with Gasteiger partial charge in [0.25, 0.3) is 0 Å². The molecule has 0 radical (unpaired) electrons. The van der Waals surface area contributed by atoms with Crippen molar-refractivity contribution < 1.29 is 28.3 Å². The summed E-state index contributed by atoms with van der Waals surface area (Å²) in [7, 11) is 1.62. The largest absolute Gasteiger partial charge is 0.496 e. The first-order valence-corrected chi connectivity index (χ1v) is 14.6. The van der Waals surface area contributed by atoms with Gasteiger partial charge in [0.1, 0.15) is 28.5 Å². The summed E-state index contributed by atoms with van der Waals surface area (Å²) in [5, 5.41) is 0.556. The summed E-state index contributed by atoms with van der Waals surface area (Å²) in [6.45, 7) is 2.05. The lowest BCUT2D eigenvalue weighted by Gasteiger charge is -2.49. The number of fused-ring (bicyclic) bond motifs is 1. The number of hydrogen-bond donors (Lipinski definition) is 1. The molecule has 210 valence electrons. The third kappa shape index (κ3) is 4.34. The molecule has 2 amide bonds. The van der Waals surface area contributed by atoms with Crippen LogP contribution in [0.4, 0.5) is 5.00 Å². The highest BCUT2D eigenvalue weighted by Gasteiger charge is 2.62. The topological polar surface area (TPSA) is 125 Å². The van der Waals surface area contributed by atoms with Crippen molar-refractivity contribution in [2.75, 3.05) is 18.6 Å². The fourth-order valence-corrected chi connectivity index (χ4v) is 7.69. The zero-order valence-corrected chi connectivity index (χ0v) is 23.5. The van der Waals surface area contributed by atoms with Gasteiger partial charge in [-0.3, -0.25) is 19.3 Å². The van der Waals surface area contributed by atoms with Crippen LogP contribution in [0.25, 0.3) is 10.8 Å². The van der Waals surface area contributed by atoms with Crippen molar-refractivity contribution in [3.8, 4) is 16.5 Å². The molecule has 40 heavy (non-hydrogen) atoms. The van der Waals surface area contributed by atoms with Crippen LogP contribution < -0.4 is 15.4 Å². The van der Waals surface area contributed by atoms with Crippen molar-refractivity contribution in [2.24, 2.45) is 17.1 Å². The monoisotopic (exact) mass is 563 g/mol. The van der Waals surface area contributed by atoms with Crippen LogP contribution in [0, 0.1) is 18.3 Å². The maximum absolute atomic E-state index is 14.3. The number of primary amides is 1. The summed E-state index contributed by atoms with van der Waals surface area (Å²) >= 11 is 1.32. The first-order chi connectivity index (χ1) is 19.3. The Kier molecular flexibility index (Phi) is 7.00. The minimum absolute atomic E-state index is 0.0644. The molecule has 10 heteroatoms. The van der Waals surface area contributed by atoms with E-state index in [-0.39, 0.29) is 37.2 Å². The maximum Gasteiger partial charge on any atom is 0.241 e. The van der Waals surface area contributed by atoms with Gasteiger partial charge in [0, 0.05) is 11.5 Å². The smallest absolute Gasteiger partial charge is 0.241 e. The second-order valence-corrected chi connectivity index (χ2v) is 12.0. The molecule has 2 aromatic heterocycles. The number of carbonyl (C=O) groups is 3. The van der Waals surface area contributed by atoms with Gasteiger partial charge in [-0.2, -0.15) is 0 Å². The standard InChI is InChI=1S/C30H33N3O6S/c1-17-23-25(34)30(14-18(15-30)26(31)35)29(36)33(28(23)40-24(17)27-32-12-13-38-27)16-22(39-19-8-4-3-5-9-19)20-10-6-7-11-21(20)37-2/h6-7,10-13,18-19,22H,3-5,8-9,14-16H2,1-2H3,(H2,31,35)/t18?,22-,30?/m0/s1. The van der Waals surface area contributed by atoms with Crippen LogP contribution in [-0.2, 0) is 14.3 Å². The number of ether oxygens (including phenoxy) is 2. The van der Waals surface area contributed by atoms with E-state index in [0.717, 1.165) is 31.2 Å². The Morgan fingerprint density at radius 3 is 2.65 bits per heavy atom. The minimum atomic E-state index is -1.32. The van der Waals surface area contributed by atoms with Gasteiger partial charge in [0.2, 0.25) is 17.7 Å². The number of nitrogens with two attached hydrogens (primary N) is 1. The van der Waals surface area contributed by atoms with E-state index in [1.807, 2.05) is 31.2 Å². The van der Waals surface area contributed by atoms with Gasteiger partial charge in [-0.25, -0.2) is 4.98 Å². The summed E-state index contributed by atoms with van der Waals surface area (Å²) < 4.78 is 18.0. The van der Waals surface area contributed by atoms with Crippen molar-refractivity contribution in [3.63, 3.8) is 0 Å². The summed E-state index contributed by atoms with van der Waals surface area (Å²) in [5.41, 5.74) is 6.30. The van der Waals surface area contributed by atoms with Gasteiger partial charge in [0.05, 0.1) is 36.4 Å². The first-order valence-electron chi connectivity index (χ1n) is 13.8. The van der Waals surface area contributed by atoms with E-state index in [4.69, 9.17) is 19.6 Å². The molecule has 9 nitrogen and oxygen atoms in total. The molecular weight excluding hydrogens is 530 g/mol. The van der Waals surface area contributed by atoms with Gasteiger partial charge < -0.3 is 19.6 Å². The van der Waals surface area contributed by atoms with E-state index < -0.39 is 23.3 Å². The molecule has 1 aliphatic heterocycles. The first kappa shape index (κ1) is 26.7. The van der Waals surface area contributed by atoms with Crippen molar-refractivity contribution in [1.29, 1.82) is 0 Å². The normalized spacial score (nSPS) is 23.6. The van der Waals surface area contributed by atoms with Gasteiger partial charge in [-0.15, -0.1) is 11.3 Å². The molecule has 3 heterocycles. The van der Waals surface area contributed by atoms with E-state index in [9.17, 15) is 14.4 Å². The number of thiophene rings is 1. The molecule has 0 bridgehead atoms. The molecule has 6 rings (SSSR count). The number of benzene rings is 1. The highest BCUT2D eigenvalue weighted by molar-refractivity contribution is 7.20. The number of oxazole rings is 1. The fraction of sp³-hybridized carbons (Fsp3) is 0.467. The van der Waals surface area contributed by atoms with Crippen LogP contribution in [0.15, 0.2) is 41.1 Å². The molecule has 1 aromatic carbocycles. The molecule has 0 unspecified atom stereocenters. The van der Waals surface area contributed by atoms with E-state index in [2.05, 4.69) is 4.98 Å². The van der Waals surface area contributed by atoms with Gasteiger partial charge in [-0.1, -0.05) is 37.5 Å². The number of carbonyl (C=O) groups excluding carboxylic acids is 3. The Labute approximate surface area is 236 Å². The second-order valence-electron chi connectivity index (χ2n) is 11.0. The van der Waals surface area contributed by atoms with E-state index >= 15 is 0 Å². The Hall–Kier alpha value is -3.50. The summed E-state index contributed by atoms with van der Waals surface area (Å²) in [5.74, 6) is -0.484. The number of nitrogens with zero attached hydrogens (tertiary/aromatic N) is 2. The molecular formula is C30H33N3O6S. The number of ketones is 1. The molecule has 1 atom stereocenters. The highest BCUT2D eigenvalue weighted by atomic mass is 32.1. The maximum atomic E-state index is 14.3. The lowest BCUT2D eigenvalue weighted by atomic mass is 9.56. The predicted molar refractivity (Wildman–Crippen MR) is 149 cm³/mol. The van der Waals surface area contributed by atoms with E-state index in [1.165, 1.54) is 24.0 Å². The average molecular weight is 564 g/mol. The Balaban J connectivity index is 1.44. The number of methoxy groups -OCH3 is 1. The zero-order chi connectivity index (χ0) is 28.0. The van der Waals surface area contributed by atoms with E-state index in [0.29, 0.717) is 32.6 Å². The minimum Gasteiger partial charge on any atom is -0.496 e. The summed E-state index contributed by atoms with van der Waals surface area (Å²) in [6.07, 6.45) is 8.16. The summed E-state index contributed by atoms with van der Waals surface area (Å²) in [4.78, 5) is 47.0. The Morgan fingerprint density at radius 2 is 1.98 bits per heavy atom. The number of para-hydroxylation sites is 1. The third-order valence-corrected chi connectivity index (χ3v) is 9.95. The lowest BCUT2D eigenvalue weighted by molar-refractivity contribution is -0.138. The molecule has 2 N–H and O–H groups in total. The van der Waals surface area contributed by atoms with Crippen molar-refractivity contribution in [2.45, 2.75) is 64.1 Å². The number of Topliss-reactive ketones (excluding diaryl/α,β-unsaturated/α-hetero) is 1. The van der Waals surface area contributed by atoms with Crippen LogP contribution in [-0.4, -0.2) is 42.3 Å². The second kappa shape index (κ2) is 10.5. The number of anilines is 1. The van der Waals surface area contributed by atoms with Crippen LogP contribution in [0.5, 0.6) is 5.75 Å². The quantitative estimate of drug-likeness (QED) is 0.373. The van der Waals surface area contributed by atoms with Crippen molar-refractivity contribution in [1.82, 2.24) is 4.98 Å². The van der Waals surface area contributed by atoms with Crippen molar-refractivity contribution >= 4 is 33.9 Å². The Morgan fingerprint density at radius 1 is 1.23 bits per heavy atom. The third-order valence-electron chi connectivity index (χ3n) is 8.65. The van der Waals surface area contributed by atoms with Gasteiger partial charge >= 0.3 is 0 Å². The lowest BCUT2D eigenvalue weighted by Crippen LogP contribution is -2.61. The number of hydrogen-bond acceptors (Lipinski definition) is 8. The number of amides is 2. The molecule has 3 aliphatic rings. The number of aromatic nitrogens is 1. The average Bonchev–Trinajstić information content (AvgIpc) is 3.58. The SMILES string of the molecule is COc1ccccc1[C@H](CN1C(=O)C2(CC(C(N)=O)C2)C(=O)c2c1sc(-c1ncco1)c2C)OC1CCCCC1. The van der Waals surface area contributed by atoms with Gasteiger partial charge in [-0.05, 0) is 44.2 Å². The van der Waals surface area contributed by atoms with E-state index in [1.54, 1.807) is 18.2 Å².